The lowest BCUT2D eigenvalue weighted by Gasteiger charge is -2.15. The van der Waals surface area contributed by atoms with Crippen molar-refractivity contribution >= 4 is 15.7 Å². The van der Waals surface area contributed by atoms with Gasteiger partial charge in [-0.2, -0.15) is 4.31 Å². The fourth-order valence-corrected chi connectivity index (χ4v) is 3.71. The van der Waals surface area contributed by atoms with Crippen LogP contribution in [-0.2, 0) is 10.0 Å². The Morgan fingerprint density at radius 2 is 1.89 bits per heavy atom. The van der Waals surface area contributed by atoms with Gasteiger partial charge in [0.1, 0.15) is 0 Å². The molecular formula is C11H14N2O4S. The molecule has 0 spiro atoms. The van der Waals surface area contributed by atoms with Crippen molar-refractivity contribution in [1.82, 2.24) is 4.31 Å². The molecule has 7 heteroatoms. The van der Waals surface area contributed by atoms with Gasteiger partial charge in [-0.3, -0.25) is 10.1 Å². The number of hydrogen-bond acceptors (Lipinski definition) is 4. The van der Waals surface area contributed by atoms with E-state index in [1.807, 2.05) is 0 Å². The Bertz CT molecular complexity index is 577. The van der Waals surface area contributed by atoms with Crippen molar-refractivity contribution < 1.29 is 13.3 Å². The van der Waals surface area contributed by atoms with Gasteiger partial charge in [-0.1, -0.05) is 6.07 Å². The van der Waals surface area contributed by atoms with E-state index in [1.54, 1.807) is 13.0 Å². The van der Waals surface area contributed by atoms with Gasteiger partial charge >= 0.3 is 0 Å². The summed E-state index contributed by atoms with van der Waals surface area (Å²) in [6.45, 7) is 2.57. The van der Waals surface area contributed by atoms with Crippen molar-refractivity contribution in [3.8, 4) is 0 Å². The number of aryl methyl sites for hydroxylation is 1. The Morgan fingerprint density at radius 1 is 1.28 bits per heavy atom. The van der Waals surface area contributed by atoms with Gasteiger partial charge in [0.25, 0.3) is 5.69 Å². The van der Waals surface area contributed by atoms with E-state index in [0.29, 0.717) is 18.7 Å². The quantitative estimate of drug-likeness (QED) is 0.618. The van der Waals surface area contributed by atoms with E-state index in [1.165, 1.54) is 16.4 Å². The summed E-state index contributed by atoms with van der Waals surface area (Å²) in [4.78, 5) is 10.1. The maximum atomic E-state index is 12.3. The van der Waals surface area contributed by atoms with Gasteiger partial charge < -0.3 is 0 Å². The van der Waals surface area contributed by atoms with Gasteiger partial charge in [-0.25, -0.2) is 8.42 Å². The first kappa shape index (κ1) is 13.0. The van der Waals surface area contributed by atoms with Gasteiger partial charge in [0.15, 0.2) is 4.90 Å². The van der Waals surface area contributed by atoms with Crippen LogP contribution in [0.2, 0.25) is 0 Å². The molecule has 2 rings (SSSR count). The maximum Gasteiger partial charge on any atom is 0.289 e. The lowest BCUT2D eigenvalue weighted by molar-refractivity contribution is -0.387. The smallest absolute Gasteiger partial charge is 0.258 e. The average Bonchev–Trinajstić information content (AvgIpc) is 2.82. The lowest BCUT2D eigenvalue weighted by atomic mass is 10.2. The molecule has 0 radical (unpaired) electrons. The van der Waals surface area contributed by atoms with E-state index in [0.717, 1.165) is 12.8 Å². The standard InChI is InChI=1S/C11H14N2O4S/c1-9-4-5-11(10(8-9)13(14)15)18(16,17)12-6-2-3-7-12/h4-5,8H,2-3,6-7H2,1H3. The molecule has 1 aliphatic heterocycles. The summed E-state index contributed by atoms with van der Waals surface area (Å²) < 4.78 is 25.9. The monoisotopic (exact) mass is 270 g/mol. The molecule has 1 saturated heterocycles. The molecule has 1 fully saturated rings. The van der Waals surface area contributed by atoms with Crippen molar-refractivity contribution in [2.75, 3.05) is 13.1 Å². The van der Waals surface area contributed by atoms with Crippen molar-refractivity contribution in [3.63, 3.8) is 0 Å². The molecule has 0 unspecified atom stereocenters. The average molecular weight is 270 g/mol. The highest BCUT2D eigenvalue weighted by atomic mass is 32.2. The van der Waals surface area contributed by atoms with Crippen molar-refractivity contribution in [2.24, 2.45) is 0 Å². The number of nitro benzene ring substituents is 1. The fourth-order valence-electron chi connectivity index (χ4n) is 2.06. The lowest BCUT2D eigenvalue weighted by Crippen LogP contribution is -2.28. The SMILES string of the molecule is Cc1ccc(S(=O)(=O)N2CCCC2)c([N+](=O)[O-])c1. The second-order valence-corrected chi connectivity index (χ2v) is 6.25. The van der Waals surface area contributed by atoms with Crippen LogP contribution in [0.3, 0.4) is 0 Å². The van der Waals surface area contributed by atoms with Gasteiger partial charge in [0.2, 0.25) is 10.0 Å². The molecule has 0 aliphatic carbocycles. The zero-order valence-electron chi connectivity index (χ0n) is 10.00. The van der Waals surface area contributed by atoms with Gasteiger partial charge in [-0.15, -0.1) is 0 Å². The molecule has 0 atom stereocenters. The van der Waals surface area contributed by atoms with Crippen molar-refractivity contribution in [2.45, 2.75) is 24.7 Å². The van der Waals surface area contributed by atoms with Crippen molar-refractivity contribution in [3.05, 3.63) is 33.9 Å². The molecule has 1 heterocycles. The van der Waals surface area contributed by atoms with Crippen LogP contribution in [0.4, 0.5) is 5.69 Å². The minimum Gasteiger partial charge on any atom is -0.258 e. The van der Waals surface area contributed by atoms with Crippen LogP contribution in [-0.4, -0.2) is 30.7 Å². The highest BCUT2D eigenvalue weighted by Gasteiger charge is 2.33. The number of nitrogens with zero attached hydrogens (tertiary/aromatic N) is 2. The molecule has 1 aromatic rings. The summed E-state index contributed by atoms with van der Waals surface area (Å²) in [7, 11) is -3.74. The molecule has 98 valence electrons. The summed E-state index contributed by atoms with van der Waals surface area (Å²) in [5.74, 6) is 0. The Balaban J connectivity index is 2.53. The van der Waals surface area contributed by atoms with Crippen LogP contribution in [0.25, 0.3) is 0 Å². The molecule has 18 heavy (non-hydrogen) atoms. The molecular weight excluding hydrogens is 256 g/mol. The molecule has 0 N–H and O–H groups in total. The van der Waals surface area contributed by atoms with E-state index in [-0.39, 0.29) is 10.6 Å². The summed E-state index contributed by atoms with van der Waals surface area (Å²) in [6, 6.07) is 4.19. The number of nitro groups is 1. The molecule has 0 bridgehead atoms. The van der Waals surface area contributed by atoms with Crippen LogP contribution in [0.1, 0.15) is 18.4 Å². The maximum absolute atomic E-state index is 12.3. The third-order valence-electron chi connectivity index (χ3n) is 2.99. The molecule has 0 aromatic heterocycles. The van der Waals surface area contributed by atoms with E-state index in [2.05, 4.69) is 0 Å². The van der Waals surface area contributed by atoms with Crippen LogP contribution < -0.4 is 0 Å². The predicted molar refractivity (Wildman–Crippen MR) is 65.8 cm³/mol. The van der Waals surface area contributed by atoms with Gasteiger partial charge in [0, 0.05) is 19.2 Å². The van der Waals surface area contributed by atoms with Crippen LogP contribution in [0.15, 0.2) is 23.1 Å². The first-order valence-electron chi connectivity index (χ1n) is 5.68. The Hall–Kier alpha value is -1.47. The summed E-state index contributed by atoms with van der Waals surface area (Å²) in [5.41, 5.74) is 0.323. The Labute approximate surface area is 105 Å². The fraction of sp³-hybridized carbons (Fsp3) is 0.455. The Kier molecular flexibility index (Phi) is 3.36. The topological polar surface area (TPSA) is 80.5 Å². The molecule has 1 aromatic carbocycles. The van der Waals surface area contributed by atoms with Crippen molar-refractivity contribution in [1.29, 1.82) is 0 Å². The van der Waals surface area contributed by atoms with E-state index in [4.69, 9.17) is 0 Å². The van der Waals surface area contributed by atoms with Crippen LogP contribution >= 0.6 is 0 Å². The van der Waals surface area contributed by atoms with Crippen LogP contribution in [0, 0.1) is 17.0 Å². The van der Waals surface area contributed by atoms with E-state index >= 15 is 0 Å². The number of rotatable bonds is 3. The highest BCUT2D eigenvalue weighted by Crippen LogP contribution is 2.29. The molecule has 1 aliphatic rings. The third-order valence-corrected chi connectivity index (χ3v) is 4.94. The van der Waals surface area contributed by atoms with Gasteiger partial charge in [0.05, 0.1) is 4.92 Å². The number of sulfonamides is 1. The first-order valence-corrected chi connectivity index (χ1v) is 7.12. The van der Waals surface area contributed by atoms with E-state index in [9.17, 15) is 18.5 Å². The number of hydrogen-bond donors (Lipinski definition) is 0. The second kappa shape index (κ2) is 4.66. The predicted octanol–water partition coefficient (Wildman–Crippen LogP) is 1.69. The molecule has 0 saturated carbocycles. The molecule has 0 amide bonds. The number of benzene rings is 1. The zero-order valence-corrected chi connectivity index (χ0v) is 10.8. The first-order chi connectivity index (χ1) is 8.43. The summed E-state index contributed by atoms with van der Waals surface area (Å²) >= 11 is 0. The largest absolute Gasteiger partial charge is 0.289 e. The third kappa shape index (κ3) is 2.23. The zero-order chi connectivity index (χ0) is 13.3. The normalized spacial score (nSPS) is 16.9. The summed E-state index contributed by atoms with van der Waals surface area (Å²) in [6.07, 6.45) is 1.61. The van der Waals surface area contributed by atoms with E-state index < -0.39 is 14.9 Å². The second-order valence-electron chi connectivity index (χ2n) is 4.34. The molecule has 6 nitrogen and oxygen atoms in total. The van der Waals surface area contributed by atoms with Gasteiger partial charge in [-0.05, 0) is 31.4 Å². The van der Waals surface area contributed by atoms with Crippen LogP contribution in [0.5, 0.6) is 0 Å². The Morgan fingerprint density at radius 3 is 2.44 bits per heavy atom. The minimum atomic E-state index is -3.74. The summed E-state index contributed by atoms with van der Waals surface area (Å²) in [5, 5.41) is 11.0. The highest BCUT2D eigenvalue weighted by molar-refractivity contribution is 7.89. The minimum absolute atomic E-state index is 0.208.